The summed E-state index contributed by atoms with van der Waals surface area (Å²) in [5.41, 5.74) is -0.0670. The van der Waals surface area contributed by atoms with Gasteiger partial charge in [-0.25, -0.2) is 4.79 Å². The molecule has 0 radical (unpaired) electrons. The number of piperazine rings is 1. The van der Waals surface area contributed by atoms with Crippen LogP contribution in [-0.2, 0) is 9.53 Å². The van der Waals surface area contributed by atoms with E-state index in [4.69, 9.17) is 9.84 Å². The highest BCUT2D eigenvalue weighted by Gasteiger charge is 2.37. The van der Waals surface area contributed by atoms with Crippen LogP contribution in [0.25, 0.3) is 0 Å². The van der Waals surface area contributed by atoms with E-state index in [9.17, 15) is 9.59 Å². The normalized spacial score (nSPS) is 26.7. The molecule has 0 saturated carbocycles. The molecule has 1 unspecified atom stereocenters. The first-order valence-corrected chi connectivity index (χ1v) is 7.37. The lowest BCUT2D eigenvalue weighted by molar-refractivity contribution is -0.139. The number of carboxylic acids is 1. The van der Waals surface area contributed by atoms with Crippen LogP contribution in [0.3, 0.4) is 0 Å². The van der Waals surface area contributed by atoms with E-state index in [2.05, 4.69) is 25.8 Å². The van der Waals surface area contributed by atoms with Crippen molar-refractivity contribution < 1.29 is 19.4 Å². The lowest BCUT2D eigenvalue weighted by Crippen LogP contribution is -2.63. The van der Waals surface area contributed by atoms with Crippen LogP contribution in [0.5, 0.6) is 0 Å². The predicted molar refractivity (Wildman–Crippen MR) is 77.2 cm³/mol. The molecule has 2 heterocycles. The van der Waals surface area contributed by atoms with E-state index in [0.29, 0.717) is 32.8 Å². The van der Waals surface area contributed by atoms with E-state index in [-0.39, 0.29) is 24.0 Å². The number of aliphatic carboxylic acids is 1. The Labute approximate surface area is 125 Å². The highest BCUT2D eigenvalue weighted by molar-refractivity contribution is 5.76. The maximum Gasteiger partial charge on any atom is 0.320 e. The first kappa shape index (κ1) is 16.0. The van der Waals surface area contributed by atoms with E-state index >= 15 is 0 Å². The topological polar surface area (TPSA) is 73.3 Å². The van der Waals surface area contributed by atoms with Crippen LogP contribution in [0.4, 0.5) is 4.79 Å². The third kappa shape index (κ3) is 3.65. The van der Waals surface area contributed by atoms with Gasteiger partial charge < -0.3 is 19.6 Å². The third-order valence-corrected chi connectivity index (χ3v) is 4.47. The van der Waals surface area contributed by atoms with Crippen LogP contribution >= 0.6 is 0 Å². The van der Waals surface area contributed by atoms with Gasteiger partial charge in [-0.05, 0) is 20.9 Å². The summed E-state index contributed by atoms with van der Waals surface area (Å²) in [6, 6.07) is -0.433. The van der Waals surface area contributed by atoms with Gasteiger partial charge in [-0.3, -0.25) is 9.69 Å². The molecule has 0 aromatic heterocycles. The van der Waals surface area contributed by atoms with Crippen LogP contribution in [0.15, 0.2) is 0 Å². The van der Waals surface area contributed by atoms with Gasteiger partial charge in [-0.1, -0.05) is 0 Å². The van der Waals surface area contributed by atoms with Crippen molar-refractivity contribution >= 4 is 12.0 Å². The number of carbonyl (C=O) groups is 2. The third-order valence-electron chi connectivity index (χ3n) is 4.47. The van der Waals surface area contributed by atoms with Gasteiger partial charge in [0.15, 0.2) is 0 Å². The minimum atomic E-state index is -0.901. The van der Waals surface area contributed by atoms with Crippen LogP contribution in [-0.4, -0.2) is 89.8 Å². The van der Waals surface area contributed by atoms with Gasteiger partial charge in [0, 0.05) is 31.7 Å². The number of morpholine rings is 1. The summed E-state index contributed by atoms with van der Waals surface area (Å²) in [5, 5.41) is 8.98. The Balaban J connectivity index is 2.05. The average Bonchev–Trinajstić information content (AvgIpc) is 2.41. The van der Waals surface area contributed by atoms with Crippen molar-refractivity contribution in [2.24, 2.45) is 0 Å². The molecule has 120 valence electrons. The van der Waals surface area contributed by atoms with Crippen molar-refractivity contribution in [2.75, 3.05) is 46.4 Å². The van der Waals surface area contributed by atoms with Crippen LogP contribution < -0.4 is 0 Å². The van der Waals surface area contributed by atoms with E-state index in [1.165, 1.54) is 0 Å². The number of rotatable bonds is 2. The molecule has 2 saturated heterocycles. The van der Waals surface area contributed by atoms with Crippen molar-refractivity contribution in [3.8, 4) is 0 Å². The molecule has 1 atom stereocenters. The van der Waals surface area contributed by atoms with E-state index < -0.39 is 5.97 Å². The number of urea groups is 1. The average molecular weight is 299 g/mol. The maximum atomic E-state index is 12.7. The minimum Gasteiger partial charge on any atom is -0.481 e. The highest BCUT2D eigenvalue weighted by Crippen LogP contribution is 2.21. The monoisotopic (exact) mass is 299 g/mol. The Kier molecular flexibility index (Phi) is 4.73. The van der Waals surface area contributed by atoms with Gasteiger partial charge in [0.25, 0.3) is 0 Å². The molecule has 2 amide bonds. The molecule has 21 heavy (non-hydrogen) atoms. The molecule has 1 N–H and O–H groups in total. The second kappa shape index (κ2) is 6.19. The summed E-state index contributed by atoms with van der Waals surface area (Å²) in [6.45, 7) is 7.61. The largest absolute Gasteiger partial charge is 0.481 e. The Morgan fingerprint density at radius 3 is 2.62 bits per heavy atom. The Bertz CT molecular complexity index is 413. The molecule has 0 aromatic rings. The predicted octanol–water partition coefficient (Wildman–Crippen LogP) is 0.308. The Hall–Kier alpha value is -1.34. The summed E-state index contributed by atoms with van der Waals surface area (Å²) < 4.78 is 5.32. The second-order valence-electron chi connectivity index (χ2n) is 6.46. The summed E-state index contributed by atoms with van der Waals surface area (Å²) >= 11 is 0. The Morgan fingerprint density at radius 2 is 2.00 bits per heavy atom. The fourth-order valence-electron chi connectivity index (χ4n) is 2.86. The summed E-state index contributed by atoms with van der Waals surface area (Å²) in [6.07, 6.45) is -0.0666. The zero-order valence-corrected chi connectivity index (χ0v) is 13.0. The maximum absolute atomic E-state index is 12.7. The lowest BCUT2D eigenvalue weighted by Gasteiger charge is -2.47. The van der Waals surface area contributed by atoms with E-state index in [1.54, 1.807) is 4.90 Å². The van der Waals surface area contributed by atoms with Crippen LogP contribution in [0.2, 0.25) is 0 Å². The van der Waals surface area contributed by atoms with Gasteiger partial charge >= 0.3 is 12.0 Å². The number of hydrogen-bond donors (Lipinski definition) is 1. The molecular weight excluding hydrogens is 274 g/mol. The number of likely N-dealkylation sites (N-methyl/N-ethyl adjacent to an activating group) is 1. The summed E-state index contributed by atoms with van der Waals surface area (Å²) in [4.78, 5) is 29.4. The smallest absolute Gasteiger partial charge is 0.320 e. The van der Waals surface area contributed by atoms with Crippen molar-refractivity contribution in [1.29, 1.82) is 0 Å². The molecule has 7 heteroatoms. The van der Waals surface area contributed by atoms with Gasteiger partial charge in [-0.15, -0.1) is 0 Å². The van der Waals surface area contributed by atoms with Crippen LogP contribution in [0, 0.1) is 0 Å². The SMILES string of the molecule is CN1CCN(C(=O)N2CCOCC2CC(=O)O)CC1(C)C. The van der Waals surface area contributed by atoms with Crippen molar-refractivity contribution in [1.82, 2.24) is 14.7 Å². The number of ether oxygens (including phenoxy) is 1. The lowest BCUT2D eigenvalue weighted by atomic mass is 10.00. The second-order valence-corrected chi connectivity index (χ2v) is 6.46. The zero-order chi connectivity index (χ0) is 15.6. The summed E-state index contributed by atoms with van der Waals surface area (Å²) in [5.74, 6) is -0.901. The number of amides is 2. The van der Waals surface area contributed by atoms with Crippen LogP contribution in [0.1, 0.15) is 20.3 Å². The van der Waals surface area contributed by atoms with Crippen molar-refractivity contribution in [2.45, 2.75) is 31.8 Å². The first-order chi connectivity index (χ1) is 9.81. The molecule has 0 bridgehead atoms. The highest BCUT2D eigenvalue weighted by atomic mass is 16.5. The fraction of sp³-hybridized carbons (Fsp3) is 0.857. The Morgan fingerprint density at radius 1 is 1.29 bits per heavy atom. The van der Waals surface area contributed by atoms with Gasteiger partial charge in [0.2, 0.25) is 0 Å². The molecule has 2 aliphatic rings. The standard InChI is InChI=1S/C14H25N3O4/c1-14(2)10-16(5-4-15(14)3)13(20)17-6-7-21-9-11(17)8-12(18)19/h11H,4-10H2,1-3H3,(H,18,19). The van der Waals surface area contributed by atoms with Gasteiger partial charge in [-0.2, -0.15) is 0 Å². The molecular formula is C14H25N3O4. The fourth-order valence-corrected chi connectivity index (χ4v) is 2.86. The molecule has 0 aliphatic carbocycles. The quantitative estimate of drug-likeness (QED) is 0.794. The molecule has 2 rings (SSSR count). The first-order valence-electron chi connectivity index (χ1n) is 7.37. The number of carboxylic acid groups (broad SMARTS) is 1. The van der Waals surface area contributed by atoms with Gasteiger partial charge in [0.1, 0.15) is 0 Å². The molecule has 0 aromatic carbocycles. The van der Waals surface area contributed by atoms with Gasteiger partial charge in [0.05, 0.1) is 25.7 Å². The zero-order valence-electron chi connectivity index (χ0n) is 13.0. The van der Waals surface area contributed by atoms with Crippen molar-refractivity contribution in [3.05, 3.63) is 0 Å². The molecule has 2 aliphatic heterocycles. The number of hydrogen-bond acceptors (Lipinski definition) is 4. The van der Waals surface area contributed by atoms with E-state index in [0.717, 1.165) is 6.54 Å². The number of nitrogens with zero attached hydrogens (tertiary/aromatic N) is 3. The van der Waals surface area contributed by atoms with E-state index in [1.807, 2.05) is 4.90 Å². The molecule has 2 fully saturated rings. The minimum absolute atomic E-state index is 0.0641. The van der Waals surface area contributed by atoms with Crippen molar-refractivity contribution in [3.63, 3.8) is 0 Å². The summed E-state index contributed by atoms with van der Waals surface area (Å²) in [7, 11) is 2.06. The molecule has 7 nitrogen and oxygen atoms in total. The number of carbonyl (C=O) groups excluding carboxylic acids is 1. The molecule has 0 spiro atoms.